The zero-order valence-electron chi connectivity index (χ0n) is 12.8. The van der Waals surface area contributed by atoms with Crippen LogP contribution in [0.1, 0.15) is 17.6 Å². The molecule has 118 valence electrons. The molecule has 0 spiro atoms. The molecule has 0 aliphatic heterocycles. The lowest BCUT2D eigenvalue weighted by Crippen LogP contribution is -2.31. The van der Waals surface area contributed by atoms with E-state index in [0.29, 0.717) is 26.3 Å². The summed E-state index contributed by atoms with van der Waals surface area (Å²) in [6.45, 7) is 3.59. The normalized spacial score (nSPS) is 10.5. The van der Waals surface area contributed by atoms with Crippen LogP contribution in [-0.4, -0.2) is 36.1 Å². The number of aromatic nitrogens is 1. The van der Waals surface area contributed by atoms with Gasteiger partial charge in [-0.15, -0.1) is 11.3 Å². The molecule has 1 aromatic carbocycles. The van der Waals surface area contributed by atoms with Crippen molar-refractivity contribution in [2.24, 2.45) is 0 Å². The molecule has 0 N–H and O–H groups in total. The second kappa shape index (κ2) is 8.51. The van der Waals surface area contributed by atoms with Gasteiger partial charge in [-0.1, -0.05) is 18.2 Å². The van der Waals surface area contributed by atoms with Gasteiger partial charge in [-0.05, 0) is 12.1 Å². The molecule has 0 aliphatic carbocycles. The Hall–Kier alpha value is -1.92. The Morgan fingerprint density at radius 1 is 1.32 bits per heavy atom. The minimum absolute atomic E-state index is 0.0205. The summed E-state index contributed by atoms with van der Waals surface area (Å²) < 4.78 is 10.7. The van der Waals surface area contributed by atoms with Crippen molar-refractivity contribution >= 4 is 17.2 Å². The van der Waals surface area contributed by atoms with E-state index >= 15 is 0 Å². The Bertz CT molecular complexity index is 586. The SMILES string of the molecule is COCCN(Cc1csc(COc2ccccc2)n1)C(C)=O. The number of carbonyl (C=O) groups is 1. The molecule has 22 heavy (non-hydrogen) atoms. The van der Waals surface area contributed by atoms with E-state index in [9.17, 15) is 4.79 Å². The van der Waals surface area contributed by atoms with E-state index in [0.717, 1.165) is 16.5 Å². The van der Waals surface area contributed by atoms with Crippen molar-refractivity contribution in [3.8, 4) is 5.75 Å². The lowest BCUT2D eigenvalue weighted by atomic mass is 10.3. The Labute approximate surface area is 134 Å². The number of para-hydroxylation sites is 1. The van der Waals surface area contributed by atoms with E-state index in [4.69, 9.17) is 9.47 Å². The van der Waals surface area contributed by atoms with Crippen molar-refractivity contribution < 1.29 is 14.3 Å². The molecule has 0 saturated heterocycles. The van der Waals surface area contributed by atoms with Crippen molar-refractivity contribution in [1.29, 1.82) is 0 Å². The molecule has 1 heterocycles. The summed E-state index contributed by atoms with van der Waals surface area (Å²) >= 11 is 1.54. The van der Waals surface area contributed by atoms with Gasteiger partial charge < -0.3 is 14.4 Å². The molecule has 0 unspecified atom stereocenters. The summed E-state index contributed by atoms with van der Waals surface area (Å²) in [5.41, 5.74) is 0.878. The highest BCUT2D eigenvalue weighted by Gasteiger charge is 2.11. The molecule has 1 aromatic heterocycles. The number of methoxy groups -OCH3 is 1. The summed E-state index contributed by atoms with van der Waals surface area (Å²) in [5, 5.41) is 2.86. The van der Waals surface area contributed by atoms with E-state index in [2.05, 4.69) is 4.98 Å². The predicted molar refractivity (Wildman–Crippen MR) is 85.9 cm³/mol. The second-order valence-corrected chi connectivity index (χ2v) is 5.71. The Kier molecular flexibility index (Phi) is 6.36. The van der Waals surface area contributed by atoms with Crippen LogP contribution in [0.3, 0.4) is 0 Å². The molecule has 0 aliphatic rings. The summed E-state index contributed by atoms with van der Waals surface area (Å²) in [6, 6.07) is 9.64. The minimum Gasteiger partial charge on any atom is -0.486 e. The maximum atomic E-state index is 11.6. The van der Waals surface area contributed by atoms with Crippen LogP contribution in [-0.2, 0) is 22.7 Å². The molecule has 0 radical (unpaired) electrons. The van der Waals surface area contributed by atoms with Crippen LogP contribution in [0.15, 0.2) is 35.7 Å². The monoisotopic (exact) mass is 320 g/mol. The number of thiazole rings is 1. The molecule has 0 saturated carbocycles. The van der Waals surface area contributed by atoms with Gasteiger partial charge in [0.05, 0.1) is 18.8 Å². The molecular formula is C16H20N2O3S. The largest absolute Gasteiger partial charge is 0.486 e. The van der Waals surface area contributed by atoms with Gasteiger partial charge in [0, 0.05) is 26.0 Å². The van der Waals surface area contributed by atoms with Gasteiger partial charge in [-0.3, -0.25) is 4.79 Å². The van der Waals surface area contributed by atoms with Crippen molar-refractivity contribution in [1.82, 2.24) is 9.88 Å². The number of benzene rings is 1. The van der Waals surface area contributed by atoms with Crippen molar-refractivity contribution in [2.75, 3.05) is 20.3 Å². The van der Waals surface area contributed by atoms with E-state index in [-0.39, 0.29) is 5.91 Å². The third kappa shape index (κ3) is 5.13. The highest BCUT2D eigenvalue weighted by molar-refractivity contribution is 7.09. The maximum Gasteiger partial charge on any atom is 0.219 e. The average Bonchev–Trinajstić information content (AvgIpc) is 2.98. The highest BCUT2D eigenvalue weighted by atomic mass is 32.1. The first kappa shape index (κ1) is 16.5. The molecule has 2 aromatic rings. The molecule has 0 bridgehead atoms. The van der Waals surface area contributed by atoms with Crippen LogP contribution in [0, 0.1) is 0 Å². The molecule has 1 amide bonds. The van der Waals surface area contributed by atoms with E-state index < -0.39 is 0 Å². The second-order valence-electron chi connectivity index (χ2n) is 4.77. The first-order valence-electron chi connectivity index (χ1n) is 7.04. The summed E-state index contributed by atoms with van der Waals surface area (Å²) in [6.07, 6.45) is 0. The molecule has 0 atom stereocenters. The highest BCUT2D eigenvalue weighted by Crippen LogP contribution is 2.16. The smallest absolute Gasteiger partial charge is 0.219 e. The molecule has 2 rings (SSSR count). The number of hydrogen-bond donors (Lipinski definition) is 0. The zero-order chi connectivity index (χ0) is 15.8. The predicted octanol–water partition coefficient (Wildman–Crippen LogP) is 2.72. The van der Waals surface area contributed by atoms with Crippen LogP contribution in [0.5, 0.6) is 5.75 Å². The van der Waals surface area contributed by atoms with E-state index in [1.807, 2.05) is 35.7 Å². The Morgan fingerprint density at radius 2 is 2.09 bits per heavy atom. The van der Waals surface area contributed by atoms with E-state index in [1.165, 1.54) is 0 Å². The molecule has 6 heteroatoms. The third-order valence-electron chi connectivity index (χ3n) is 3.07. The fourth-order valence-electron chi connectivity index (χ4n) is 1.89. The van der Waals surface area contributed by atoms with Crippen LogP contribution >= 0.6 is 11.3 Å². The number of rotatable bonds is 8. The zero-order valence-corrected chi connectivity index (χ0v) is 13.6. The fourth-order valence-corrected chi connectivity index (χ4v) is 2.59. The van der Waals surface area contributed by atoms with E-state index in [1.54, 1.807) is 30.3 Å². The van der Waals surface area contributed by atoms with Crippen molar-refractivity contribution in [2.45, 2.75) is 20.1 Å². The molecular weight excluding hydrogens is 300 g/mol. The quantitative estimate of drug-likeness (QED) is 0.750. The van der Waals surface area contributed by atoms with Gasteiger partial charge in [-0.2, -0.15) is 0 Å². The average molecular weight is 320 g/mol. The van der Waals surface area contributed by atoms with Crippen molar-refractivity contribution in [3.05, 3.63) is 46.4 Å². The Balaban J connectivity index is 1.88. The molecule has 0 fully saturated rings. The van der Waals surface area contributed by atoms with Gasteiger partial charge in [0.25, 0.3) is 0 Å². The summed E-state index contributed by atoms with van der Waals surface area (Å²) in [4.78, 5) is 17.8. The summed E-state index contributed by atoms with van der Waals surface area (Å²) in [7, 11) is 1.63. The lowest BCUT2D eigenvalue weighted by molar-refractivity contribution is -0.130. The topological polar surface area (TPSA) is 51.7 Å². The first-order valence-corrected chi connectivity index (χ1v) is 7.92. The summed E-state index contributed by atoms with van der Waals surface area (Å²) in [5.74, 6) is 0.844. The molecule has 5 nitrogen and oxygen atoms in total. The number of hydrogen-bond acceptors (Lipinski definition) is 5. The minimum atomic E-state index is 0.0205. The first-order chi connectivity index (χ1) is 10.7. The third-order valence-corrected chi connectivity index (χ3v) is 3.94. The maximum absolute atomic E-state index is 11.6. The van der Waals surface area contributed by atoms with Gasteiger partial charge in [0.1, 0.15) is 17.4 Å². The van der Waals surface area contributed by atoms with Gasteiger partial charge >= 0.3 is 0 Å². The van der Waals surface area contributed by atoms with Crippen LogP contribution in [0.25, 0.3) is 0 Å². The standard InChI is InChI=1S/C16H20N2O3S/c1-13(19)18(8-9-20-2)10-14-12-22-16(17-14)11-21-15-6-4-3-5-7-15/h3-7,12H,8-11H2,1-2H3. The van der Waals surface area contributed by atoms with Crippen LogP contribution in [0.4, 0.5) is 0 Å². The van der Waals surface area contributed by atoms with Crippen LogP contribution < -0.4 is 4.74 Å². The van der Waals surface area contributed by atoms with Crippen molar-refractivity contribution in [3.63, 3.8) is 0 Å². The number of nitrogens with zero attached hydrogens (tertiary/aromatic N) is 2. The number of ether oxygens (including phenoxy) is 2. The number of amides is 1. The van der Waals surface area contributed by atoms with Gasteiger partial charge in [-0.25, -0.2) is 4.98 Å². The Morgan fingerprint density at radius 3 is 2.77 bits per heavy atom. The lowest BCUT2D eigenvalue weighted by Gasteiger charge is -2.19. The van der Waals surface area contributed by atoms with Crippen LogP contribution in [0.2, 0.25) is 0 Å². The fraction of sp³-hybridized carbons (Fsp3) is 0.375. The van der Waals surface area contributed by atoms with Gasteiger partial charge in [0.15, 0.2) is 0 Å². The number of carbonyl (C=O) groups excluding carboxylic acids is 1. The van der Waals surface area contributed by atoms with Gasteiger partial charge in [0.2, 0.25) is 5.91 Å².